The van der Waals surface area contributed by atoms with Crippen LogP contribution in [0, 0.1) is 5.92 Å². The van der Waals surface area contributed by atoms with Crippen molar-refractivity contribution in [1.29, 1.82) is 0 Å². The fourth-order valence-corrected chi connectivity index (χ4v) is 18.1. The fraction of sp³-hybridized carbons (Fsp3) is 0.900. The second-order valence-corrected chi connectivity index (χ2v) is 21.0. The van der Waals surface area contributed by atoms with E-state index < -0.39 is 24.0 Å². The third kappa shape index (κ3) is 10.3. The van der Waals surface area contributed by atoms with E-state index in [1.165, 1.54) is 51.8 Å². The second-order valence-electron chi connectivity index (χ2n) is 7.96. The van der Waals surface area contributed by atoms with Crippen LogP contribution in [0.25, 0.3) is 0 Å². The van der Waals surface area contributed by atoms with Crippen LogP contribution in [0.15, 0.2) is 10.2 Å². The zero-order chi connectivity index (χ0) is 17.1. The molecule has 1 nitrogen and oxygen atoms in total. The van der Waals surface area contributed by atoms with E-state index in [1.807, 2.05) is 6.92 Å². The standard InChI is InChI=1S/C8H15O.3C4H9.Sn/c1-5-8(4,9)6-7(2)3;3*1-3-4-2;/h1,5,7,9H,6H2,2-4H3;3*1,3-4H2,2H3;. The summed E-state index contributed by atoms with van der Waals surface area (Å²) in [6.07, 6.45) is 11.2. The molecule has 0 saturated carbocycles. The molecular formula is C20H42OSn. The summed E-state index contributed by atoms with van der Waals surface area (Å²) in [6.45, 7) is 13.3. The molecule has 2 heteroatoms. The molecule has 0 aliphatic carbocycles. The maximum absolute atomic E-state index is 10.7. The molecule has 1 N–H and O–H groups in total. The first-order valence-electron chi connectivity index (χ1n) is 9.73. The van der Waals surface area contributed by atoms with Crippen molar-refractivity contribution in [3.05, 3.63) is 10.2 Å². The Morgan fingerprint density at radius 2 is 1.32 bits per heavy atom. The van der Waals surface area contributed by atoms with E-state index in [1.54, 1.807) is 0 Å². The SMILES string of the molecule is CCC[CH2][Sn](/[CH]=C/C(C)(O)CC(C)C)([CH2]CCC)[CH2]CCC. The van der Waals surface area contributed by atoms with Gasteiger partial charge in [-0.05, 0) is 0 Å². The average Bonchev–Trinajstić information content (AvgIpc) is 2.44. The molecule has 0 aromatic carbocycles. The summed E-state index contributed by atoms with van der Waals surface area (Å²) in [7, 11) is 0. The maximum atomic E-state index is 10.7. The topological polar surface area (TPSA) is 20.2 Å². The average molecular weight is 417 g/mol. The molecule has 1 unspecified atom stereocenters. The van der Waals surface area contributed by atoms with Crippen LogP contribution in [0.5, 0.6) is 0 Å². The third-order valence-electron chi connectivity index (χ3n) is 4.70. The van der Waals surface area contributed by atoms with E-state index in [9.17, 15) is 5.11 Å². The quantitative estimate of drug-likeness (QED) is 0.330. The molecule has 0 bridgehead atoms. The summed E-state index contributed by atoms with van der Waals surface area (Å²) in [6, 6.07) is 0. The summed E-state index contributed by atoms with van der Waals surface area (Å²) in [4.78, 5) is 0. The van der Waals surface area contributed by atoms with Gasteiger partial charge in [-0.2, -0.15) is 0 Å². The number of hydrogen-bond donors (Lipinski definition) is 1. The van der Waals surface area contributed by atoms with E-state index in [0.717, 1.165) is 6.42 Å². The van der Waals surface area contributed by atoms with Gasteiger partial charge in [-0.15, -0.1) is 0 Å². The Bertz CT molecular complexity index is 272. The van der Waals surface area contributed by atoms with Crippen molar-refractivity contribution in [3.8, 4) is 0 Å². The van der Waals surface area contributed by atoms with Gasteiger partial charge in [0.1, 0.15) is 0 Å². The molecule has 0 amide bonds. The van der Waals surface area contributed by atoms with Crippen LogP contribution < -0.4 is 0 Å². The van der Waals surface area contributed by atoms with Gasteiger partial charge in [-0.3, -0.25) is 0 Å². The molecule has 1 atom stereocenters. The van der Waals surface area contributed by atoms with Gasteiger partial charge in [-0.25, -0.2) is 0 Å². The van der Waals surface area contributed by atoms with E-state index >= 15 is 0 Å². The van der Waals surface area contributed by atoms with E-state index in [0.29, 0.717) is 5.92 Å². The summed E-state index contributed by atoms with van der Waals surface area (Å²) in [5.41, 5.74) is -0.610. The van der Waals surface area contributed by atoms with Crippen LogP contribution in [-0.2, 0) is 0 Å². The Morgan fingerprint density at radius 3 is 1.64 bits per heavy atom. The van der Waals surface area contributed by atoms with Crippen molar-refractivity contribution in [3.63, 3.8) is 0 Å². The minimum atomic E-state index is -2.21. The van der Waals surface area contributed by atoms with Crippen molar-refractivity contribution in [1.82, 2.24) is 0 Å². The van der Waals surface area contributed by atoms with Crippen molar-refractivity contribution < 1.29 is 5.11 Å². The molecule has 0 aliphatic rings. The first-order valence-corrected chi connectivity index (χ1v) is 17.4. The van der Waals surface area contributed by atoms with Crippen LogP contribution in [0.4, 0.5) is 0 Å². The minimum absolute atomic E-state index is 0.547. The van der Waals surface area contributed by atoms with Gasteiger partial charge >= 0.3 is 145 Å². The summed E-state index contributed by atoms with van der Waals surface area (Å²) >= 11 is -2.21. The van der Waals surface area contributed by atoms with Gasteiger partial charge in [0.2, 0.25) is 0 Å². The molecule has 22 heavy (non-hydrogen) atoms. The van der Waals surface area contributed by atoms with Gasteiger partial charge in [0.25, 0.3) is 0 Å². The van der Waals surface area contributed by atoms with Crippen LogP contribution in [0.3, 0.4) is 0 Å². The third-order valence-corrected chi connectivity index (χ3v) is 18.7. The van der Waals surface area contributed by atoms with E-state index in [2.05, 4.69) is 44.8 Å². The second kappa shape index (κ2) is 11.9. The van der Waals surface area contributed by atoms with Crippen LogP contribution in [-0.4, -0.2) is 29.1 Å². The number of aliphatic hydroxyl groups is 1. The van der Waals surface area contributed by atoms with Gasteiger partial charge in [-0.1, -0.05) is 0 Å². The molecule has 0 aromatic rings. The van der Waals surface area contributed by atoms with E-state index in [-0.39, 0.29) is 0 Å². The fourth-order valence-electron chi connectivity index (χ4n) is 3.46. The predicted molar refractivity (Wildman–Crippen MR) is 104 cm³/mol. The van der Waals surface area contributed by atoms with Crippen LogP contribution >= 0.6 is 0 Å². The van der Waals surface area contributed by atoms with Crippen molar-refractivity contribution in [2.75, 3.05) is 0 Å². The van der Waals surface area contributed by atoms with Gasteiger partial charge in [0.05, 0.1) is 0 Å². The first kappa shape index (κ1) is 22.5. The molecular weight excluding hydrogens is 375 g/mol. The molecule has 0 rings (SSSR count). The predicted octanol–water partition coefficient (Wildman–Crippen LogP) is 6.73. The van der Waals surface area contributed by atoms with Crippen molar-refractivity contribution in [2.24, 2.45) is 5.92 Å². The molecule has 0 fully saturated rings. The Kier molecular flexibility index (Phi) is 12.2. The van der Waals surface area contributed by atoms with Gasteiger partial charge in [0.15, 0.2) is 0 Å². The molecule has 0 radical (unpaired) electrons. The zero-order valence-electron chi connectivity index (χ0n) is 16.3. The number of unbranched alkanes of at least 4 members (excludes halogenated alkanes) is 3. The monoisotopic (exact) mass is 418 g/mol. The molecule has 0 spiro atoms. The zero-order valence-corrected chi connectivity index (χ0v) is 19.1. The van der Waals surface area contributed by atoms with Gasteiger partial charge < -0.3 is 0 Å². The first-order chi connectivity index (χ1) is 10.3. The normalized spacial score (nSPS) is 15.6. The Hall–Kier alpha value is 0.499. The molecule has 0 saturated heterocycles. The van der Waals surface area contributed by atoms with Crippen molar-refractivity contribution >= 4 is 18.4 Å². The Labute approximate surface area is 144 Å². The van der Waals surface area contributed by atoms with Crippen LogP contribution in [0.1, 0.15) is 86.5 Å². The van der Waals surface area contributed by atoms with Crippen LogP contribution in [0.2, 0.25) is 13.3 Å². The Morgan fingerprint density at radius 1 is 0.909 bits per heavy atom. The molecule has 132 valence electrons. The Balaban J connectivity index is 5.12. The molecule has 0 aliphatic heterocycles. The molecule has 0 heterocycles. The number of rotatable bonds is 13. The van der Waals surface area contributed by atoms with Crippen molar-refractivity contribution in [2.45, 2.75) is 105 Å². The van der Waals surface area contributed by atoms with Gasteiger partial charge in [0, 0.05) is 0 Å². The summed E-state index contributed by atoms with van der Waals surface area (Å²) < 4.78 is 7.07. The molecule has 0 aromatic heterocycles. The summed E-state index contributed by atoms with van der Waals surface area (Å²) in [5.74, 6) is 0.547. The number of hydrogen-bond acceptors (Lipinski definition) is 1. The van der Waals surface area contributed by atoms with E-state index in [4.69, 9.17) is 0 Å². The summed E-state index contributed by atoms with van der Waals surface area (Å²) in [5, 5.41) is 10.7.